The van der Waals surface area contributed by atoms with Gasteiger partial charge in [-0.3, -0.25) is 9.59 Å². The third kappa shape index (κ3) is 6.17. The van der Waals surface area contributed by atoms with Crippen molar-refractivity contribution in [2.75, 3.05) is 0 Å². The molecule has 1 aliphatic carbocycles. The number of nitrogens with one attached hydrogen (secondary N) is 1. The Balaban J connectivity index is 1.74. The van der Waals surface area contributed by atoms with Crippen molar-refractivity contribution in [3.63, 3.8) is 0 Å². The number of hydrogen-bond acceptors (Lipinski definition) is 5. The van der Waals surface area contributed by atoms with Gasteiger partial charge in [0.15, 0.2) is 5.79 Å². The second-order valence-corrected chi connectivity index (χ2v) is 9.63. The van der Waals surface area contributed by atoms with Gasteiger partial charge < -0.3 is 19.2 Å². The van der Waals surface area contributed by atoms with Crippen LogP contribution in [0.5, 0.6) is 0 Å². The van der Waals surface area contributed by atoms with Gasteiger partial charge in [-0.25, -0.2) is 0 Å². The van der Waals surface area contributed by atoms with Crippen molar-refractivity contribution in [3.05, 3.63) is 38.8 Å². The second-order valence-electron chi connectivity index (χ2n) is 9.26. The number of esters is 1. The first-order chi connectivity index (χ1) is 13.4. The zero-order valence-corrected chi connectivity index (χ0v) is 18.5. The molecule has 0 aromatic carbocycles. The second kappa shape index (κ2) is 8.25. The summed E-state index contributed by atoms with van der Waals surface area (Å²) >= 11 is 6.28. The van der Waals surface area contributed by atoms with Gasteiger partial charge in [-0.1, -0.05) is 23.8 Å². The summed E-state index contributed by atoms with van der Waals surface area (Å²) in [7, 11) is 0. The molecule has 1 aliphatic heterocycles. The summed E-state index contributed by atoms with van der Waals surface area (Å²) in [5.74, 6) is -0.690. The van der Waals surface area contributed by atoms with Crippen LogP contribution in [0.4, 0.5) is 0 Å². The van der Waals surface area contributed by atoms with E-state index in [1.165, 1.54) is 0 Å². The van der Waals surface area contributed by atoms with Crippen molar-refractivity contribution in [3.8, 4) is 0 Å². The van der Waals surface area contributed by atoms with Crippen LogP contribution in [0.15, 0.2) is 17.1 Å². The van der Waals surface area contributed by atoms with Crippen molar-refractivity contribution in [1.82, 2.24) is 4.98 Å². The summed E-state index contributed by atoms with van der Waals surface area (Å²) < 4.78 is 17.3. The van der Waals surface area contributed by atoms with E-state index in [1.807, 2.05) is 46.8 Å². The van der Waals surface area contributed by atoms with Gasteiger partial charge in [0.25, 0.3) is 5.56 Å². The van der Waals surface area contributed by atoms with Crippen molar-refractivity contribution in [2.45, 2.75) is 89.8 Å². The summed E-state index contributed by atoms with van der Waals surface area (Å²) in [4.78, 5) is 26.9. The Morgan fingerprint density at radius 1 is 1.34 bits per heavy atom. The normalized spacial score (nSPS) is 24.6. The molecule has 0 radical (unpaired) electrons. The number of halogens is 1. The molecule has 3 rings (SSSR count). The molecule has 1 aromatic rings. The summed E-state index contributed by atoms with van der Waals surface area (Å²) in [6, 6.07) is 0. The predicted octanol–water partition coefficient (Wildman–Crippen LogP) is 4.56. The topological polar surface area (TPSA) is 77.6 Å². The molecule has 0 amide bonds. The molecule has 1 saturated carbocycles. The van der Waals surface area contributed by atoms with Gasteiger partial charge in [0.2, 0.25) is 0 Å². The summed E-state index contributed by atoms with van der Waals surface area (Å²) in [6.07, 6.45) is 7.80. The van der Waals surface area contributed by atoms with Crippen molar-refractivity contribution < 1.29 is 19.0 Å². The highest BCUT2D eigenvalue weighted by molar-refractivity contribution is 6.32. The molecule has 0 unspecified atom stereocenters. The zero-order chi connectivity index (χ0) is 21.4. The van der Waals surface area contributed by atoms with Crippen LogP contribution in [0, 0.1) is 0 Å². The van der Waals surface area contributed by atoms with Gasteiger partial charge in [-0.15, -0.1) is 0 Å². The minimum Gasteiger partial charge on any atom is -0.460 e. The molecular weight excluding hydrogens is 394 g/mol. The van der Waals surface area contributed by atoms with E-state index in [0.29, 0.717) is 12.3 Å². The van der Waals surface area contributed by atoms with Crippen LogP contribution in [0.3, 0.4) is 0 Å². The molecule has 2 aliphatic rings. The largest absolute Gasteiger partial charge is 0.460 e. The summed E-state index contributed by atoms with van der Waals surface area (Å²) in [6.45, 7) is 9.17. The van der Waals surface area contributed by atoms with Gasteiger partial charge in [0.1, 0.15) is 10.6 Å². The average molecular weight is 424 g/mol. The van der Waals surface area contributed by atoms with Crippen molar-refractivity contribution in [2.24, 2.45) is 0 Å². The van der Waals surface area contributed by atoms with E-state index < -0.39 is 11.4 Å². The summed E-state index contributed by atoms with van der Waals surface area (Å²) in [5.41, 5.74) is 0.969. The SMILES string of the molecule is CC(C)(C)OC(=O)C[C@H]1C[C@@H](/C=C/c2c(C3CC3)c[nH]c(=O)c2Cl)OC(C)(C)O1. The maximum Gasteiger partial charge on any atom is 0.308 e. The molecule has 1 saturated heterocycles. The molecule has 2 fully saturated rings. The monoisotopic (exact) mass is 423 g/mol. The van der Waals surface area contributed by atoms with Crippen LogP contribution in [-0.2, 0) is 19.0 Å². The number of carbonyl (C=O) groups is 1. The Morgan fingerprint density at radius 2 is 2.03 bits per heavy atom. The van der Waals surface area contributed by atoms with Crippen LogP contribution in [0.1, 0.15) is 77.3 Å². The number of pyridine rings is 1. The highest BCUT2D eigenvalue weighted by atomic mass is 35.5. The van der Waals surface area contributed by atoms with Gasteiger partial charge >= 0.3 is 5.97 Å². The lowest BCUT2D eigenvalue weighted by Crippen LogP contribution is -2.45. The molecule has 2 atom stereocenters. The first-order valence-electron chi connectivity index (χ1n) is 10.1. The standard InChI is InChI=1S/C22H30ClNO5/c1-21(2,3)29-18(25)11-15-10-14(27-22(4,5)28-15)8-9-16-17(13-6-7-13)12-24-20(26)19(16)23/h8-9,12-15H,6-7,10-11H2,1-5H3,(H,24,26)/b9-8+/t14-,15-/m1/s1. The van der Waals surface area contributed by atoms with Crippen molar-refractivity contribution in [1.29, 1.82) is 0 Å². The fraction of sp³-hybridized carbons (Fsp3) is 0.636. The number of aromatic nitrogens is 1. The molecule has 2 heterocycles. The highest BCUT2D eigenvalue weighted by Gasteiger charge is 2.36. The Kier molecular flexibility index (Phi) is 6.27. The molecule has 1 aromatic heterocycles. The fourth-order valence-electron chi connectivity index (χ4n) is 3.60. The van der Waals surface area contributed by atoms with Crippen LogP contribution in [0.25, 0.3) is 6.08 Å². The van der Waals surface area contributed by atoms with Crippen molar-refractivity contribution >= 4 is 23.6 Å². The van der Waals surface area contributed by atoms with Crippen LogP contribution < -0.4 is 5.56 Å². The van der Waals surface area contributed by atoms with E-state index in [2.05, 4.69) is 4.98 Å². The maximum atomic E-state index is 12.2. The lowest BCUT2D eigenvalue weighted by Gasteiger charge is -2.39. The highest BCUT2D eigenvalue weighted by Crippen LogP contribution is 2.42. The fourth-order valence-corrected chi connectivity index (χ4v) is 3.83. The van der Waals surface area contributed by atoms with E-state index in [4.69, 9.17) is 25.8 Å². The predicted molar refractivity (Wildman–Crippen MR) is 112 cm³/mol. The maximum absolute atomic E-state index is 12.2. The number of ether oxygens (including phenoxy) is 3. The average Bonchev–Trinajstić information content (AvgIpc) is 3.37. The van der Waals surface area contributed by atoms with E-state index >= 15 is 0 Å². The van der Waals surface area contributed by atoms with Crippen LogP contribution in [-0.4, -0.2) is 34.5 Å². The number of H-pyrrole nitrogens is 1. The number of rotatable bonds is 5. The molecular formula is C22H30ClNO5. The molecule has 160 valence electrons. The first kappa shape index (κ1) is 22.1. The van der Waals surface area contributed by atoms with Gasteiger partial charge in [-0.2, -0.15) is 0 Å². The summed E-state index contributed by atoms with van der Waals surface area (Å²) in [5, 5.41) is 0.197. The lowest BCUT2D eigenvalue weighted by atomic mass is 10.0. The molecule has 1 N–H and O–H groups in total. The third-order valence-electron chi connectivity index (χ3n) is 4.80. The Hall–Kier alpha value is -1.63. The minimum absolute atomic E-state index is 0.160. The molecule has 0 bridgehead atoms. The Morgan fingerprint density at radius 3 is 2.66 bits per heavy atom. The van der Waals surface area contributed by atoms with Gasteiger partial charge in [0.05, 0.1) is 18.6 Å². The Labute approximate surface area is 176 Å². The van der Waals surface area contributed by atoms with Crippen LogP contribution >= 0.6 is 11.6 Å². The quantitative estimate of drug-likeness (QED) is 0.702. The lowest BCUT2D eigenvalue weighted by molar-refractivity contribution is -0.290. The zero-order valence-electron chi connectivity index (χ0n) is 17.7. The molecule has 29 heavy (non-hydrogen) atoms. The minimum atomic E-state index is -0.836. The van der Waals surface area contributed by atoms with E-state index in [-0.39, 0.29) is 35.2 Å². The number of hydrogen-bond donors (Lipinski definition) is 1. The van der Waals surface area contributed by atoms with Gasteiger partial charge in [-0.05, 0) is 58.9 Å². The molecule has 6 nitrogen and oxygen atoms in total. The Bertz CT molecular complexity index is 848. The first-order valence-corrected chi connectivity index (χ1v) is 10.5. The molecule has 0 spiro atoms. The number of carbonyl (C=O) groups excluding carboxylic acids is 1. The third-order valence-corrected chi connectivity index (χ3v) is 5.17. The van der Waals surface area contributed by atoms with E-state index in [1.54, 1.807) is 6.20 Å². The van der Waals surface area contributed by atoms with Crippen LogP contribution in [0.2, 0.25) is 5.02 Å². The van der Waals surface area contributed by atoms with E-state index in [0.717, 1.165) is 24.0 Å². The number of aromatic amines is 1. The van der Waals surface area contributed by atoms with E-state index in [9.17, 15) is 9.59 Å². The smallest absolute Gasteiger partial charge is 0.308 e. The molecule has 7 heteroatoms. The van der Waals surface area contributed by atoms with Gasteiger partial charge in [0, 0.05) is 18.2 Å².